The molecule has 4 aromatic rings. The number of aliphatic imine (C=N–C) groups is 1. The molecular weight excluding hydrogens is 619 g/mol. The van der Waals surface area contributed by atoms with Gasteiger partial charge in [-0.3, -0.25) is 29.9 Å². The summed E-state index contributed by atoms with van der Waals surface area (Å²) in [6, 6.07) is 21.5. The van der Waals surface area contributed by atoms with E-state index in [0.717, 1.165) is 18.2 Å². The maximum absolute atomic E-state index is 13.6. The van der Waals surface area contributed by atoms with E-state index in [1.54, 1.807) is 66.7 Å². The number of anilines is 1. The Kier molecular flexibility index (Phi) is 8.62. The minimum absolute atomic E-state index is 0.125. The number of amides is 1. The van der Waals surface area contributed by atoms with Crippen LogP contribution in [0.5, 0.6) is 17.2 Å². The van der Waals surface area contributed by atoms with Crippen LogP contribution in [0.25, 0.3) is 6.08 Å². The zero-order valence-electron chi connectivity index (χ0n) is 22.0. The Balaban J connectivity index is 1.48. The molecular formula is C29H18Cl2N4O7S. The summed E-state index contributed by atoms with van der Waals surface area (Å²) in [5.41, 5.74) is 0.720. The van der Waals surface area contributed by atoms with Gasteiger partial charge in [0.05, 0.1) is 39.3 Å². The van der Waals surface area contributed by atoms with Crippen molar-refractivity contribution >= 4 is 74.9 Å². The van der Waals surface area contributed by atoms with Crippen LogP contribution in [0, 0.1) is 20.2 Å². The SMILES string of the molecule is COc1cc(/C=C2\SC(=Nc3ccc(Cl)cc3)N(c3ccc(Cl)cc3)C2=O)ccc1Oc1ccc([N+](=O)[O-])cc1[N+](=O)[O-]. The summed E-state index contributed by atoms with van der Waals surface area (Å²) in [5, 5.41) is 24.1. The van der Waals surface area contributed by atoms with Crippen molar-refractivity contribution in [3.05, 3.63) is 126 Å². The Hall–Kier alpha value is -4.91. The Bertz CT molecular complexity index is 1810. The molecule has 0 radical (unpaired) electrons. The molecule has 4 aromatic carbocycles. The van der Waals surface area contributed by atoms with Gasteiger partial charge >= 0.3 is 5.69 Å². The second-order valence-electron chi connectivity index (χ2n) is 8.78. The topological polar surface area (TPSA) is 137 Å². The monoisotopic (exact) mass is 636 g/mol. The molecule has 0 aromatic heterocycles. The van der Waals surface area contributed by atoms with Crippen LogP contribution in [-0.2, 0) is 4.79 Å². The molecule has 0 saturated carbocycles. The third kappa shape index (κ3) is 6.61. The first-order chi connectivity index (χ1) is 20.6. The van der Waals surface area contributed by atoms with Gasteiger partial charge in [0, 0.05) is 16.1 Å². The molecule has 0 bridgehead atoms. The van der Waals surface area contributed by atoms with E-state index in [1.165, 1.54) is 29.8 Å². The molecule has 0 unspecified atom stereocenters. The van der Waals surface area contributed by atoms with Crippen molar-refractivity contribution in [1.29, 1.82) is 0 Å². The number of benzene rings is 4. The molecule has 14 heteroatoms. The van der Waals surface area contributed by atoms with Gasteiger partial charge in [-0.1, -0.05) is 29.3 Å². The molecule has 11 nitrogen and oxygen atoms in total. The van der Waals surface area contributed by atoms with E-state index in [1.807, 2.05) is 0 Å². The van der Waals surface area contributed by atoms with E-state index in [4.69, 9.17) is 32.7 Å². The predicted octanol–water partition coefficient (Wildman–Crippen LogP) is 8.42. The van der Waals surface area contributed by atoms with Crippen molar-refractivity contribution in [1.82, 2.24) is 0 Å². The zero-order valence-corrected chi connectivity index (χ0v) is 24.3. The molecule has 1 aliphatic rings. The molecule has 1 heterocycles. The number of amidine groups is 1. The highest BCUT2D eigenvalue weighted by molar-refractivity contribution is 8.19. The number of nitro groups is 2. The third-order valence-corrected chi connectivity index (χ3v) is 7.47. The highest BCUT2D eigenvalue weighted by atomic mass is 35.5. The molecule has 1 amide bonds. The molecule has 0 spiro atoms. The summed E-state index contributed by atoms with van der Waals surface area (Å²) in [4.78, 5) is 41.2. The number of rotatable bonds is 8. The number of thioether (sulfide) groups is 1. The summed E-state index contributed by atoms with van der Waals surface area (Å²) in [6.07, 6.45) is 1.65. The molecule has 43 heavy (non-hydrogen) atoms. The van der Waals surface area contributed by atoms with Crippen molar-refractivity contribution in [3.63, 3.8) is 0 Å². The molecule has 216 valence electrons. The predicted molar refractivity (Wildman–Crippen MR) is 166 cm³/mol. The lowest BCUT2D eigenvalue weighted by Crippen LogP contribution is -2.28. The van der Waals surface area contributed by atoms with Gasteiger partial charge in [0.15, 0.2) is 16.7 Å². The van der Waals surface area contributed by atoms with Crippen molar-refractivity contribution in [2.75, 3.05) is 12.0 Å². The third-order valence-electron chi connectivity index (χ3n) is 6.00. The van der Waals surface area contributed by atoms with Crippen molar-refractivity contribution < 1.29 is 24.1 Å². The number of carbonyl (C=O) groups is 1. The number of nitrogens with zero attached hydrogens (tertiary/aromatic N) is 4. The summed E-state index contributed by atoms with van der Waals surface area (Å²) in [7, 11) is 1.39. The van der Waals surface area contributed by atoms with Crippen molar-refractivity contribution in [2.45, 2.75) is 0 Å². The first kappa shape index (κ1) is 29.6. The average molecular weight is 637 g/mol. The number of halogens is 2. The maximum atomic E-state index is 13.6. The van der Waals surface area contributed by atoms with Crippen LogP contribution in [0.3, 0.4) is 0 Å². The highest BCUT2D eigenvalue weighted by Gasteiger charge is 2.35. The standard InChI is InChI=1S/C29H18Cl2N4O7S/c1-41-26-14-17(2-12-25(26)42-24-13-11-22(34(37)38)16-23(24)35(39)40)15-27-28(36)33(21-9-5-19(31)6-10-21)29(43-27)32-20-7-3-18(30)4-8-20/h2-16H,1H3/b27-15-,32-29?. The van der Waals surface area contributed by atoms with Crippen molar-refractivity contribution in [2.24, 2.45) is 4.99 Å². The van der Waals surface area contributed by atoms with E-state index in [9.17, 15) is 25.0 Å². The largest absolute Gasteiger partial charge is 0.493 e. The summed E-state index contributed by atoms with van der Waals surface area (Å²) < 4.78 is 11.2. The first-order valence-corrected chi connectivity index (χ1v) is 13.8. The van der Waals surface area contributed by atoms with E-state index >= 15 is 0 Å². The Morgan fingerprint density at radius 1 is 0.837 bits per heavy atom. The van der Waals surface area contributed by atoms with Crippen LogP contribution in [0.1, 0.15) is 5.56 Å². The van der Waals surface area contributed by atoms with Gasteiger partial charge < -0.3 is 9.47 Å². The van der Waals surface area contributed by atoms with E-state index in [0.29, 0.717) is 37.1 Å². The lowest BCUT2D eigenvalue weighted by atomic mass is 10.1. The zero-order chi connectivity index (χ0) is 30.7. The second-order valence-corrected chi connectivity index (χ2v) is 10.7. The second kappa shape index (κ2) is 12.5. The van der Waals surface area contributed by atoms with Gasteiger partial charge in [-0.2, -0.15) is 0 Å². The number of methoxy groups -OCH3 is 1. The van der Waals surface area contributed by atoms with Gasteiger partial charge in [0.1, 0.15) is 0 Å². The summed E-state index contributed by atoms with van der Waals surface area (Å²) >= 11 is 13.2. The molecule has 1 aliphatic heterocycles. The Morgan fingerprint density at radius 2 is 1.49 bits per heavy atom. The molecule has 0 atom stereocenters. The normalized spacial score (nSPS) is 14.8. The lowest BCUT2D eigenvalue weighted by molar-refractivity contribution is -0.394. The fourth-order valence-corrected chi connectivity index (χ4v) is 5.22. The summed E-state index contributed by atoms with van der Waals surface area (Å²) in [5.74, 6) is -0.189. The quantitative estimate of drug-likeness (QED) is 0.107. The number of nitro benzene ring substituents is 2. The average Bonchev–Trinajstić information content (AvgIpc) is 3.29. The Morgan fingerprint density at radius 3 is 2.12 bits per heavy atom. The minimum Gasteiger partial charge on any atom is -0.493 e. The number of non-ortho nitro benzene ring substituents is 1. The van der Waals surface area contributed by atoms with E-state index < -0.39 is 21.2 Å². The lowest BCUT2D eigenvalue weighted by Gasteiger charge is -2.15. The van der Waals surface area contributed by atoms with Crippen LogP contribution in [0.15, 0.2) is 94.8 Å². The van der Waals surface area contributed by atoms with Crippen LogP contribution in [0.2, 0.25) is 10.0 Å². The van der Waals surface area contributed by atoms with Gasteiger partial charge in [-0.05, 0) is 90.1 Å². The fourth-order valence-electron chi connectivity index (χ4n) is 3.97. The number of ether oxygens (including phenoxy) is 2. The molecule has 1 saturated heterocycles. The maximum Gasteiger partial charge on any atom is 0.318 e. The van der Waals surface area contributed by atoms with Gasteiger partial charge in [0.25, 0.3) is 11.6 Å². The van der Waals surface area contributed by atoms with E-state index in [2.05, 4.69) is 4.99 Å². The number of hydrogen-bond acceptors (Lipinski definition) is 9. The number of hydrogen-bond donors (Lipinski definition) is 0. The van der Waals surface area contributed by atoms with Crippen LogP contribution in [0.4, 0.5) is 22.7 Å². The molecule has 1 fully saturated rings. The molecule has 5 rings (SSSR count). The number of carbonyl (C=O) groups excluding carboxylic acids is 1. The van der Waals surface area contributed by atoms with Crippen LogP contribution >= 0.6 is 35.0 Å². The first-order valence-electron chi connectivity index (χ1n) is 12.3. The summed E-state index contributed by atoms with van der Waals surface area (Å²) in [6.45, 7) is 0. The van der Waals surface area contributed by atoms with Crippen LogP contribution in [-0.4, -0.2) is 28.0 Å². The molecule has 0 aliphatic carbocycles. The van der Waals surface area contributed by atoms with E-state index in [-0.39, 0.29) is 23.2 Å². The van der Waals surface area contributed by atoms with Gasteiger partial charge in [0.2, 0.25) is 5.75 Å². The highest BCUT2D eigenvalue weighted by Crippen LogP contribution is 2.41. The Labute approximate surface area is 258 Å². The van der Waals surface area contributed by atoms with Gasteiger partial charge in [-0.15, -0.1) is 0 Å². The van der Waals surface area contributed by atoms with Gasteiger partial charge in [-0.25, -0.2) is 4.99 Å². The minimum atomic E-state index is -0.772. The molecule has 0 N–H and O–H groups in total. The van der Waals surface area contributed by atoms with Crippen molar-refractivity contribution in [3.8, 4) is 17.2 Å². The fraction of sp³-hybridized carbons (Fsp3) is 0.0345. The smallest absolute Gasteiger partial charge is 0.318 e. The van der Waals surface area contributed by atoms with Crippen LogP contribution < -0.4 is 14.4 Å².